The van der Waals surface area contributed by atoms with Gasteiger partial charge in [-0.2, -0.15) is 0 Å². The van der Waals surface area contributed by atoms with E-state index in [1.54, 1.807) is 0 Å². The van der Waals surface area contributed by atoms with Crippen LogP contribution in [-0.4, -0.2) is 5.84 Å². The minimum Gasteiger partial charge on any atom is -0.388 e. The molecule has 1 aromatic rings. The molecule has 0 aliphatic heterocycles. The Bertz CT molecular complexity index is 372. The molecule has 0 unspecified atom stereocenters. The Morgan fingerprint density at radius 3 is 2.31 bits per heavy atom. The summed E-state index contributed by atoms with van der Waals surface area (Å²) in [5, 5.41) is 7.55. The third-order valence-electron chi connectivity index (χ3n) is 3.75. The van der Waals surface area contributed by atoms with Crippen LogP contribution in [0.4, 0.5) is 0 Å². The van der Waals surface area contributed by atoms with E-state index in [4.69, 9.17) is 11.1 Å². The van der Waals surface area contributed by atoms with Crippen molar-refractivity contribution in [1.82, 2.24) is 0 Å². The Labute approximate surface area is 97.4 Å². The van der Waals surface area contributed by atoms with Gasteiger partial charge in [-0.15, -0.1) is 0 Å². The van der Waals surface area contributed by atoms with E-state index < -0.39 is 0 Å². The Hall–Kier alpha value is -1.31. The predicted molar refractivity (Wildman–Crippen MR) is 67.9 cm³/mol. The fourth-order valence-electron chi connectivity index (χ4n) is 2.89. The second-order valence-electron chi connectivity index (χ2n) is 5.06. The standard InChI is InChI=1S/C14H20N2/c1-11-4-6-12(7-5-11)14(10-13(15)16)8-2-3-9-14/h4-7H,2-3,8-10H2,1H3,(H3,15,16). The Balaban J connectivity index is 2.31. The maximum absolute atomic E-state index is 7.55. The fraction of sp³-hybridized carbons (Fsp3) is 0.500. The van der Waals surface area contributed by atoms with Crippen molar-refractivity contribution in [2.75, 3.05) is 0 Å². The van der Waals surface area contributed by atoms with Crippen LogP contribution in [0.3, 0.4) is 0 Å². The molecular formula is C14H20N2. The summed E-state index contributed by atoms with van der Waals surface area (Å²) in [5.74, 6) is 0.322. The number of amidine groups is 1. The van der Waals surface area contributed by atoms with Gasteiger partial charge in [-0.3, -0.25) is 5.41 Å². The van der Waals surface area contributed by atoms with Crippen molar-refractivity contribution in [1.29, 1.82) is 5.41 Å². The minimum atomic E-state index is 0.152. The van der Waals surface area contributed by atoms with Gasteiger partial charge in [-0.05, 0) is 25.3 Å². The molecule has 1 fully saturated rings. The fourth-order valence-corrected chi connectivity index (χ4v) is 2.89. The summed E-state index contributed by atoms with van der Waals surface area (Å²) in [6.45, 7) is 2.11. The van der Waals surface area contributed by atoms with Crippen LogP contribution < -0.4 is 5.73 Å². The summed E-state index contributed by atoms with van der Waals surface area (Å²) >= 11 is 0. The van der Waals surface area contributed by atoms with Crippen molar-refractivity contribution >= 4 is 5.84 Å². The van der Waals surface area contributed by atoms with E-state index in [0.717, 1.165) is 6.42 Å². The highest BCUT2D eigenvalue weighted by molar-refractivity contribution is 5.78. The molecule has 0 aromatic heterocycles. The monoisotopic (exact) mass is 216 g/mol. The van der Waals surface area contributed by atoms with E-state index in [0.29, 0.717) is 5.84 Å². The lowest BCUT2D eigenvalue weighted by Crippen LogP contribution is -2.29. The molecule has 86 valence electrons. The minimum absolute atomic E-state index is 0.152. The average Bonchev–Trinajstić information content (AvgIpc) is 2.67. The van der Waals surface area contributed by atoms with Crippen LogP contribution in [0.25, 0.3) is 0 Å². The molecule has 2 heteroatoms. The largest absolute Gasteiger partial charge is 0.388 e. The maximum Gasteiger partial charge on any atom is 0.0914 e. The number of nitrogens with one attached hydrogen (secondary N) is 1. The maximum atomic E-state index is 7.55. The molecule has 1 aromatic carbocycles. The van der Waals surface area contributed by atoms with Gasteiger partial charge in [0.15, 0.2) is 0 Å². The Morgan fingerprint density at radius 2 is 1.81 bits per heavy atom. The number of aryl methyl sites for hydroxylation is 1. The Kier molecular flexibility index (Phi) is 2.99. The summed E-state index contributed by atoms with van der Waals surface area (Å²) in [6, 6.07) is 8.75. The highest BCUT2D eigenvalue weighted by Crippen LogP contribution is 2.43. The summed E-state index contributed by atoms with van der Waals surface area (Å²) < 4.78 is 0. The normalized spacial score (nSPS) is 18.6. The van der Waals surface area contributed by atoms with Crippen LogP contribution in [0.1, 0.15) is 43.2 Å². The van der Waals surface area contributed by atoms with Crippen molar-refractivity contribution in [2.45, 2.75) is 44.4 Å². The molecule has 0 radical (unpaired) electrons. The predicted octanol–water partition coefficient (Wildman–Crippen LogP) is 3.13. The van der Waals surface area contributed by atoms with Crippen LogP contribution >= 0.6 is 0 Å². The van der Waals surface area contributed by atoms with Crippen LogP contribution in [0, 0.1) is 12.3 Å². The summed E-state index contributed by atoms with van der Waals surface area (Å²) in [5.41, 5.74) is 8.42. The van der Waals surface area contributed by atoms with Gasteiger partial charge >= 0.3 is 0 Å². The van der Waals surface area contributed by atoms with E-state index in [1.807, 2.05) is 0 Å². The number of hydrogen-bond donors (Lipinski definition) is 2. The van der Waals surface area contributed by atoms with E-state index in [-0.39, 0.29) is 5.41 Å². The highest BCUT2D eigenvalue weighted by Gasteiger charge is 2.35. The number of benzene rings is 1. The average molecular weight is 216 g/mol. The first-order chi connectivity index (χ1) is 7.62. The molecule has 2 nitrogen and oxygen atoms in total. The molecule has 0 spiro atoms. The van der Waals surface area contributed by atoms with E-state index in [2.05, 4.69) is 31.2 Å². The number of nitrogens with two attached hydrogens (primary N) is 1. The second kappa shape index (κ2) is 4.28. The first kappa shape index (κ1) is 11.2. The van der Waals surface area contributed by atoms with Crippen LogP contribution in [0.15, 0.2) is 24.3 Å². The van der Waals surface area contributed by atoms with E-state index in [1.165, 1.54) is 36.8 Å². The molecule has 3 N–H and O–H groups in total. The molecule has 1 saturated carbocycles. The molecule has 0 atom stereocenters. The van der Waals surface area contributed by atoms with Gasteiger partial charge in [0.05, 0.1) is 5.84 Å². The van der Waals surface area contributed by atoms with Gasteiger partial charge in [-0.25, -0.2) is 0 Å². The first-order valence-corrected chi connectivity index (χ1v) is 6.02. The first-order valence-electron chi connectivity index (χ1n) is 6.02. The molecule has 0 amide bonds. The van der Waals surface area contributed by atoms with Crippen molar-refractivity contribution in [3.05, 3.63) is 35.4 Å². The molecule has 0 heterocycles. The van der Waals surface area contributed by atoms with Gasteiger partial charge in [0.25, 0.3) is 0 Å². The van der Waals surface area contributed by atoms with Crippen molar-refractivity contribution in [2.24, 2.45) is 5.73 Å². The van der Waals surface area contributed by atoms with Crippen molar-refractivity contribution in [3.8, 4) is 0 Å². The van der Waals surface area contributed by atoms with Crippen LogP contribution in [0.2, 0.25) is 0 Å². The molecule has 0 bridgehead atoms. The molecule has 1 aliphatic rings. The quantitative estimate of drug-likeness (QED) is 0.592. The van der Waals surface area contributed by atoms with Crippen LogP contribution in [0.5, 0.6) is 0 Å². The third kappa shape index (κ3) is 2.11. The van der Waals surface area contributed by atoms with Gasteiger partial charge < -0.3 is 5.73 Å². The smallest absolute Gasteiger partial charge is 0.0914 e. The van der Waals surface area contributed by atoms with Crippen LogP contribution in [-0.2, 0) is 5.41 Å². The zero-order valence-electron chi connectivity index (χ0n) is 9.92. The van der Waals surface area contributed by atoms with Gasteiger partial charge in [0.1, 0.15) is 0 Å². The molecule has 0 saturated heterocycles. The molecule has 16 heavy (non-hydrogen) atoms. The lowest BCUT2D eigenvalue weighted by Gasteiger charge is -2.29. The van der Waals surface area contributed by atoms with Crippen molar-refractivity contribution in [3.63, 3.8) is 0 Å². The highest BCUT2D eigenvalue weighted by atomic mass is 14.7. The lowest BCUT2D eigenvalue weighted by molar-refractivity contribution is 0.457. The zero-order valence-corrected chi connectivity index (χ0v) is 9.92. The number of rotatable bonds is 3. The van der Waals surface area contributed by atoms with Gasteiger partial charge in [0, 0.05) is 11.8 Å². The SMILES string of the molecule is Cc1ccc(C2(CC(=N)N)CCCC2)cc1. The van der Waals surface area contributed by atoms with Gasteiger partial charge in [-0.1, -0.05) is 42.7 Å². The molecule has 2 rings (SSSR count). The molecular weight excluding hydrogens is 196 g/mol. The summed E-state index contributed by atoms with van der Waals surface area (Å²) in [7, 11) is 0. The van der Waals surface area contributed by atoms with Crippen molar-refractivity contribution < 1.29 is 0 Å². The second-order valence-corrected chi connectivity index (χ2v) is 5.06. The van der Waals surface area contributed by atoms with E-state index in [9.17, 15) is 0 Å². The summed E-state index contributed by atoms with van der Waals surface area (Å²) in [6.07, 6.45) is 5.60. The third-order valence-corrected chi connectivity index (χ3v) is 3.75. The summed E-state index contributed by atoms with van der Waals surface area (Å²) in [4.78, 5) is 0. The molecule has 1 aliphatic carbocycles. The number of hydrogen-bond acceptors (Lipinski definition) is 1. The zero-order chi connectivity index (χ0) is 11.6. The van der Waals surface area contributed by atoms with E-state index >= 15 is 0 Å². The lowest BCUT2D eigenvalue weighted by atomic mass is 9.75. The van der Waals surface area contributed by atoms with Gasteiger partial charge in [0.2, 0.25) is 0 Å². The topological polar surface area (TPSA) is 49.9 Å². The Morgan fingerprint density at radius 1 is 1.25 bits per heavy atom.